The van der Waals surface area contributed by atoms with Crippen LogP contribution in [0.4, 0.5) is 0 Å². The number of rotatable bonds is 82. The van der Waals surface area contributed by atoms with Crippen molar-refractivity contribution in [1.29, 1.82) is 0 Å². The molecule has 0 rings (SSSR count). The van der Waals surface area contributed by atoms with Crippen molar-refractivity contribution in [3.63, 3.8) is 0 Å². The second kappa shape index (κ2) is 74.9. The van der Waals surface area contributed by atoms with E-state index in [2.05, 4.69) is 34.6 Å². The lowest BCUT2D eigenvalue weighted by atomic mass is 9.99. The Morgan fingerprint density at radius 3 is 0.703 bits per heavy atom. The van der Waals surface area contributed by atoms with Gasteiger partial charge in [-0.25, -0.2) is 9.13 Å². The zero-order valence-corrected chi connectivity index (χ0v) is 67.8. The molecule has 600 valence electrons. The quantitative estimate of drug-likeness (QED) is 0.0222. The first-order valence-corrected chi connectivity index (χ1v) is 45.7. The van der Waals surface area contributed by atoms with Crippen LogP contribution >= 0.6 is 15.6 Å². The normalized spacial score (nSPS) is 14.1. The van der Waals surface area contributed by atoms with E-state index >= 15 is 0 Å². The molecular weight excluding hydrogens is 1320 g/mol. The average Bonchev–Trinajstić information content (AvgIpc) is 1.04. The first kappa shape index (κ1) is 99.1. The summed E-state index contributed by atoms with van der Waals surface area (Å²) >= 11 is 0. The fraction of sp³-hybridized carbons (Fsp3) is 0.951. The molecule has 0 saturated carbocycles. The number of esters is 4. The topological polar surface area (TPSA) is 237 Å². The fourth-order valence-corrected chi connectivity index (χ4v) is 14.3. The minimum atomic E-state index is -4.96. The van der Waals surface area contributed by atoms with Gasteiger partial charge in [0.15, 0.2) is 12.2 Å². The lowest BCUT2D eigenvalue weighted by molar-refractivity contribution is -0.161. The summed E-state index contributed by atoms with van der Waals surface area (Å²) in [6.07, 6.45) is 66.8. The zero-order chi connectivity index (χ0) is 74.1. The molecule has 0 aromatic heterocycles. The lowest BCUT2D eigenvalue weighted by Crippen LogP contribution is -2.30. The van der Waals surface area contributed by atoms with Crippen LogP contribution in [-0.4, -0.2) is 96.7 Å². The number of unbranched alkanes of at least 4 members (excludes halogenated alkanes) is 53. The number of hydrogen-bond donors (Lipinski definition) is 3. The Morgan fingerprint density at radius 1 is 0.277 bits per heavy atom. The van der Waals surface area contributed by atoms with E-state index in [1.165, 1.54) is 257 Å². The van der Waals surface area contributed by atoms with Crippen LogP contribution < -0.4 is 0 Å². The number of aliphatic hydroxyl groups excluding tert-OH is 1. The highest BCUT2D eigenvalue weighted by Crippen LogP contribution is 2.45. The molecule has 101 heavy (non-hydrogen) atoms. The maximum atomic E-state index is 13.1. The molecule has 0 aliphatic carbocycles. The maximum Gasteiger partial charge on any atom is 0.472 e. The molecule has 6 atom stereocenters. The average molecular weight is 1480 g/mol. The monoisotopic (exact) mass is 1480 g/mol. The highest BCUT2D eigenvalue weighted by atomic mass is 31.2. The van der Waals surface area contributed by atoms with E-state index in [1.807, 2.05) is 0 Å². The van der Waals surface area contributed by atoms with Gasteiger partial charge in [-0.1, -0.05) is 388 Å². The highest BCUT2D eigenvalue weighted by molar-refractivity contribution is 7.47. The maximum absolute atomic E-state index is 13.1. The van der Waals surface area contributed by atoms with Crippen molar-refractivity contribution in [2.45, 2.75) is 457 Å². The van der Waals surface area contributed by atoms with Gasteiger partial charge in [-0.3, -0.25) is 37.3 Å². The summed E-state index contributed by atoms with van der Waals surface area (Å²) in [6.45, 7) is 7.33. The molecule has 0 aromatic carbocycles. The molecule has 0 bridgehead atoms. The van der Waals surface area contributed by atoms with Gasteiger partial charge in [0.2, 0.25) is 0 Å². The number of hydrogen-bond acceptors (Lipinski definition) is 15. The Balaban J connectivity index is 5.18. The summed E-state index contributed by atoms with van der Waals surface area (Å²) in [6, 6.07) is 0. The summed E-state index contributed by atoms with van der Waals surface area (Å²) in [5, 5.41) is 10.6. The second-order valence-corrected chi connectivity index (χ2v) is 32.7. The number of phosphoric acid groups is 2. The van der Waals surface area contributed by atoms with Crippen molar-refractivity contribution in [3.8, 4) is 0 Å². The van der Waals surface area contributed by atoms with Crippen LogP contribution in [0.5, 0.6) is 0 Å². The number of aliphatic hydroxyl groups is 1. The van der Waals surface area contributed by atoms with Gasteiger partial charge in [-0.2, -0.15) is 0 Å². The van der Waals surface area contributed by atoms with Gasteiger partial charge in [0.25, 0.3) is 0 Å². The highest BCUT2D eigenvalue weighted by Gasteiger charge is 2.30. The zero-order valence-electron chi connectivity index (χ0n) is 66.1. The molecule has 3 N–H and O–H groups in total. The molecule has 17 nitrogen and oxygen atoms in total. The van der Waals surface area contributed by atoms with Crippen LogP contribution in [0.25, 0.3) is 0 Å². The Morgan fingerprint density at radius 2 is 0.475 bits per heavy atom. The van der Waals surface area contributed by atoms with E-state index in [1.54, 1.807) is 0 Å². The summed E-state index contributed by atoms with van der Waals surface area (Å²) in [7, 11) is -9.92. The molecule has 0 saturated heterocycles. The third-order valence-corrected chi connectivity index (χ3v) is 21.5. The molecule has 0 spiro atoms. The molecule has 0 aliphatic heterocycles. The van der Waals surface area contributed by atoms with Gasteiger partial charge >= 0.3 is 39.5 Å². The predicted octanol–water partition coefficient (Wildman–Crippen LogP) is 24.8. The number of carbonyl (C=O) groups is 4. The van der Waals surface area contributed by atoms with Gasteiger partial charge in [0, 0.05) is 25.7 Å². The summed E-state index contributed by atoms with van der Waals surface area (Å²) in [5.74, 6) is -1.31. The van der Waals surface area contributed by atoms with E-state index in [0.717, 1.165) is 102 Å². The largest absolute Gasteiger partial charge is 0.472 e. The molecule has 19 heteroatoms. The van der Waals surface area contributed by atoms with Crippen molar-refractivity contribution in [1.82, 2.24) is 0 Å². The minimum Gasteiger partial charge on any atom is -0.462 e. The third kappa shape index (κ3) is 74.7. The van der Waals surface area contributed by atoms with E-state index in [9.17, 15) is 43.2 Å². The van der Waals surface area contributed by atoms with Crippen molar-refractivity contribution in [2.75, 3.05) is 39.6 Å². The van der Waals surface area contributed by atoms with Crippen molar-refractivity contribution < 1.29 is 80.2 Å². The van der Waals surface area contributed by atoms with Gasteiger partial charge in [-0.15, -0.1) is 0 Å². The van der Waals surface area contributed by atoms with Crippen LogP contribution in [0.15, 0.2) is 0 Å². The van der Waals surface area contributed by atoms with E-state index in [4.69, 9.17) is 37.0 Å². The van der Waals surface area contributed by atoms with Crippen molar-refractivity contribution in [2.24, 2.45) is 5.92 Å². The van der Waals surface area contributed by atoms with E-state index < -0.39 is 97.5 Å². The Bertz CT molecular complexity index is 1930. The molecule has 0 radical (unpaired) electrons. The smallest absolute Gasteiger partial charge is 0.462 e. The van der Waals surface area contributed by atoms with Gasteiger partial charge < -0.3 is 33.8 Å². The third-order valence-electron chi connectivity index (χ3n) is 19.6. The molecule has 0 aliphatic rings. The molecule has 0 heterocycles. The SMILES string of the molecule is CCCCCCCCCCCCCCCCCCCCCCCCC(=O)O[C@H](COC(=O)CCCCCCCCCCCCCCCCCCC)COP(=O)(O)OC[C@@H](O)COP(=O)(O)OC[C@@H](COC(=O)CCCCCCCCCC)OC(=O)CCCCCCCCCCCCC(C)CC. The summed E-state index contributed by atoms with van der Waals surface area (Å²) in [4.78, 5) is 72.9. The van der Waals surface area contributed by atoms with E-state index in [0.29, 0.717) is 25.7 Å². The van der Waals surface area contributed by atoms with Crippen LogP contribution in [0.2, 0.25) is 0 Å². The number of ether oxygens (including phenoxy) is 4. The van der Waals surface area contributed by atoms with Gasteiger partial charge in [0.1, 0.15) is 19.3 Å². The molecule has 0 fully saturated rings. The van der Waals surface area contributed by atoms with Crippen LogP contribution in [0, 0.1) is 5.92 Å². The van der Waals surface area contributed by atoms with Crippen LogP contribution in [-0.2, 0) is 65.4 Å². The van der Waals surface area contributed by atoms with Crippen molar-refractivity contribution >= 4 is 39.5 Å². The molecule has 0 aromatic rings. The first-order valence-electron chi connectivity index (χ1n) is 42.7. The molecule has 3 unspecified atom stereocenters. The Kier molecular flexibility index (Phi) is 73.5. The Labute approximate surface area is 619 Å². The Hall–Kier alpha value is -1.94. The van der Waals surface area contributed by atoms with Crippen molar-refractivity contribution in [3.05, 3.63) is 0 Å². The van der Waals surface area contributed by atoms with Gasteiger partial charge in [0.05, 0.1) is 26.4 Å². The second-order valence-electron chi connectivity index (χ2n) is 29.8. The van der Waals surface area contributed by atoms with Gasteiger partial charge in [-0.05, 0) is 31.6 Å². The number of phosphoric ester groups is 2. The van der Waals surface area contributed by atoms with Crippen LogP contribution in [0.3, 0.4) is 0 Å². The minimum absolute atomic E-state index is 0.107. The first-order chi connectivity index (χ1) is 49.1. The molecular formula is C82H160O17P2. The van der Waals surface area contributed by atoms with Crippen LogP contribution in [0.1, 0.15) is 439 Å². The standard InChI is InChI=1S/C82H160O17P2/c1-6-10-13-16-19-22-24-26-28-30-31-32-33-34-36-38-40-42-47-52-57-62-67-81(86)99-78(72-93-80(85)66-61-56-51-46-41-39-37-35-29-27-25-23-20-17-14-11-7-2)74-97-101(90,91)95-70-76(83)69-94-100(88,89)96-73-77(71-92-79(84)65-60-55-50-21-18-15-12-8-3)98-82(87)68-63-58-53-48-44-43-45-49-54-59-64-75(5)9-4/h75-78,83H,6-74H2,1-5H3,(H,88,89)(H,90,91)/t75?,76-,77+,78+/m0/s1. The molecule has 0 amide bonds. The lowest BCUT2D eigenvalue weighted by Gasteiger charge is -2.21. The number of carbonyl (C=O) groups excluding carboxylic acids is 4. The van der Waals surface area contributed by atoms with E-state index in [-0.39, 0.29) is 25.7 Å². The predicted molar refractivity (Wildman–Crippen MR) is 414 cm³/mol. The fourth-order valence-electron chi connectivity index (χ4n) is 12.7. The summed E-state index contributed by atoms with van der Waals surface area (Å²) < 4.78 is 68.7. The summed E-state index contributed by atoms with van der Waals surface area (Å²) in [5.41, 5.74) is 0.